The molecule has 0 aliphatic heterocycles. The van der Waals surface area contributed by atoms with Crippen LogP contribution < -0.4 is 20.1 Å². The quantitative estimate of drug-likeness (QED) is 0.621. The van der Waals surface area contributed by atoms with Crippen molar-refractivity contribution >= 4 is 35.1 Å². The summed E-state index contributed by atoms with van der Waals surface area (Å²) in [6.45, 7) is 8.25. The van der Waals surface area contributed by atoms with Gasteiger partial charge in [-0.05, 0) is 39.8 Å². The Morgan fingerprint density at radius 1 is 1.14 bits per heavy atom. The molecule has 28 heavy (non-hydrogen) atoms. The van der Waals surface area contributed by atoms with Gasteiger partial charge in [0.2, 0.25) is 11.8 Å². The predicted octanol–water partition coefficient (Wildman–Crippen LogP) is 3.48. The maximum Gasteiger partial charge on any atom is 0.238 e. The first-order chi connectivity index (χ1) is 13.4. The molecule has 0 saturated heterocycles. The van der Waals surface area contributed by atoms with Crippen LogP contribution in [0.5, 0.6) is 11.5 Å². The number of nitrogens with zero attached hydrogens (tertiary/aromatic N) is 1. The number of nitrogens with one attached hydrogen (secondary N) is 2. The highest BCUT2D eigenvalue weighted by Gasteiger charge is 2.17. The molecule has 2 rings (SSSR count). The minimum absolute atomic E-state index is 0.129. The summed E-state index contributed by atoms with van der Waals surface area (Å²) < 4.78 is 16.0. The number of benzene rings is 1. The van der Waals surface area contributed by atoms with Gasteiger partial charge in [-0.1, -0.05) is 5.16 Å². The van der Waals surface area contributed by atoms with Crippen molar-refractivity contribution in [3.8, 4) is 11.5 Å². The number of ether oxygens (including phenoxy) is 2. The summed E-state index contributed by atoms with van der Waals surface area (Å²) in [5.41, 5.74) is 0.604. The number of aromatic nitrogens is 1. The fourth-order valence-electron chi connectivity index (χ4n) is 2.26. The standard InChI is InChI=1S/C19H25N3O5S/c1-5-25-15-8-7-14(10-16(15)26-6-2)20-18(23)11-28-13(4)19(24)21-17-9-12(3)27-22-17/h7-10,13H,5-6,11H2,1-4H3,(H,20,23)(H,21,22,24). The van der Waals surface area contributed by atoms with Gasteiger partial charge in [0.15, 0.2) is 17.3 Å². The van der Waals surface area contributed by atoms with Crippen LogP contribution in [0.25, 0.3) is 0 Å². The molecule has 0 saturated carbocycles. The normalized spacial score (nSPS) is 11.6. The van der Waals surface area contributed by atoms with Gasteiger partial charge in [0.05, 0.1) is 24.2 Å². The zero-order chi connectivity index (χ0) is 20.5. The zero-order valence-electron chi connectivity index (χ0n) is 16.4. The van der Waals surface area contributed by atoms with E-state index in [-0.39, 0.29) is 17.6 Å². The average Bonchev–Trinajstić information content (AvgIpc) is 3.07. The van der Waals surface area contributed by atoms with Gasteiger partial charge in [-0.3, -0.25) is 9.59 Å². The molecule has 0 radical (unpaired) electrons. The number of carbonyl (C=O) groups is 2. The number of thioether (sulfide) groups is 1. The molecule has 1 aromatic carbocycles. The van der Waals surface area contributed by atoms with Crippen molar-refractivity contribution < 1.29 is 23.6 Å². The minimum Gasteiger partial charge on any atom is -0.490 e. The van der Waals surface area contributed by atoms with Crippen molar-refractivity contribution in [1.29, 1.82) is 0 Å². The number of hydrogen-bond acceptors (Lipinski definition) is 7. The minimum atomic E-state index is -0.429. The van der Waals surface area contributed by atoms with Gasteiger partial charge in [-0.25, -0.2) is 0 Å². The molecular weight excluding hydrogens is 382 g/mol. The monoisotopic (exact) mass is 407 g/mol. The van der Waals surface area contributed by atoms with E-state index in [1.807, 2.05) is 13.8 Å². The lowest BCUT2D eigenvalue weighted by molar-refractivity contribution is -0.115. The fourth-order valence-corrected chi connectivity index (χ4v) is 2.94. The van der Waals surface area contributed by atoms with E-state index in [1.54, 1.807) is 38.1 Å². The first-order valence-electron chi connectivity index (χ1n) is 8.98. The summed E-state index contributed by atoms with van der Waals surface area (Å²) >= 11 is 1.23. The average molecular weight is 407 g/mol. The van der Waals surface area contributed by atoms with Crippen LogP contribution in [0.1, 0.15) is 26.5 Å². The lowest BCUT2D eigenvalue weighted by atomic mass is 10.2. The molecule has 0 bridgehead atoms. The first-order valence-corrected chi connectivity index (χ1v) is 10.0. The molecule has 0 fully saturated rings. The second-order valence-corrected chi connectivity index (χ2v) is 7.17. The SMILES string of the molecule is CCOc1ccc(NC(=O)CSC(C)C(=O)Nc2cc(C)on2)cc1OCC. The molecule has 1 aromatic heterocycles. The predicted molar refractivity (Wildman–Crippen MR) is 109 cm³/mol. The summed E-state index contributed by atoms with van der Waals surface area (Å²) in [5.74, 6) is 1.84. The molecule has 0 aliphatic rings. The highest BCUT2D eigenvalue weighted by molar-refractivity contribution is 8.01. The number of aryl methyl sites for hydroxylation is 1. The number of amides is 2. The lowest BCUT2D eigenvalue weighted by Gasteiger charge is -2.13. The summed E-state index contributed by atoms with van der Waals surface area (Å²) in [7, 11) is 0. The van der Waals surface area contributed by atoms with Crippen LogP contribution in [0, 0.1) is 6.92 Å². The largest absolute Gasteiger partial charge is 0.490 e. The van der Waals surface area contributed by atoms with E-state index in [9.17, 15) is 9.59 Å². The molecule has 2 N–H and O–H groups in total. The Morgan fingerprint density at radius 3 is 2.50 bits per heavy atom. The van der Waals surface area contributed by atoms with Crippen molar-refractivity contribution in [3.05, 3.63) is 30.0 Å². The Kier molecular flexibility index (Phi) is 8.19. The Morgan fingerprint density at radius 2 is 1.86 bits per heavy atom. The van der Waals surface area contributed by atoms with E-state index in [1.165, 1.54) is 11.8 Å². The molecule has 8 nitrogen and oxygen atoms in total. The second kappa shape index (κ2) is 10.6. The molecule has 1 heterocycles. The van der Waals surface area contributed by atoms with Crippen molar-refractivity contribution in [2.24, 2.45) is 0 Å². The molecule has 9 heteroatoms. The fraction of sp³-hybridized carbons (Fsp3) is 0.421. The maximum atomic E-state index is 12.2. The van der Waals surface area contributed by atoms with Crippen LogP contribution in [0.2, 0.25) is 0 Å². The molecule has 0 spiro atoms. The lowest BCUT2D eigenvalue weighted by Crippen LogP contribution is -2.25. The van der Waals surface area contributed by atoms with Crippen LogP contribution in [0.15, 0.2) is 28.8 Å². The Labute approximate surface area is 168 Å². The zero-order valence-corrected chi connectivity index (χ0v) is 17.2. The second-order valence-electron chi connectivity index (χ2n) is 5.84. The van der Waals surface area contributed by atoms with Crippen molar-refractivity contribution in [1.82, 2.24) is 5.16 Å². The van der Waals surface area contributed by atoms with Crippen LogP contribution in [0.4, 0.5) is 11.5 Å². The van der Waals surface area contributed by atoms with E-state index < -0.39 is 5.25 Å². The number of hydrogen-bond donors (Lipinski definition) is 2. The van der Waals surface area contributed by atoms with E-state index in [2.05, 4.69) is 15.8 Å². The Balaban J connectivity index is 1.85. The molecule has 2 amide bonds. The summed E-state index contributed by atoms with van der Waals surface area (Å²) in [6, 6.07) is 6.86. The van der Waals surface area contributed by atoms with Gasteiger partial charge >= 0.3 is 0 Å². The summed E-state index contributed by atoms with van der Waals surface area (Å²) in [5, 5.41) is 8.74. The Hall–Kier alpha value is -2.68. The van der Waals surface area contributed by atoms with Gasteiger partial charge < -0.3 is 24.6 Å². The third-order valence-electron chi connectivity index (χ3n) is 3.54. The van der Waals surface area contributed by atoms with Gasteiger partial charge in [0.1, 0.15) is 5.76 Å². The topological polar surface area (TPSA) is 103 Å². The molecular formula is C19H25N3O5S. The van der Waals surface area contributed by atoms with Crippen molar-refractivity contribution in [2.75, 3.05) is 29.6 Å². The molecule has 1 atom stereocenters. The molecule has 2 aromatic rings. The number of carbonyl (C=O) groups excluding carboxylic acids is 2. The number of anilines is 2. The maximum absolute atomic E-state index is 12.2. The number of rotatable bonds is 10. The van der Waals surface area contributed by atoms with Crippen LogP contribution in [-0.2, 0) is 9.59 Å². The third-order valence-corrected chi connectivity index (χ3v) is 4.68. The Bertz CT molecular complexity index is 809. The molecule has 0 aliphatic carbocycles. The van der Waals surface area contributed by atoms with Gasteiger partial charge in [0, 0.05) is 17.8 Å². The van der Waals surface area contributed by atoms with Crippen LogP contribution in [-0.4, -0.2) is 41.2 Å². The summed E-state index contributed by atoms with van der Waals surface area (Å²) in [6.07, 6.45) is 0. The molecule has 1 unspecified atom stereocenters. The van der Waals surface area contributed by atoms with Gasteiger partial charge in [0.25, 0.3) is 0 Å². The van der Waals surface area contributed by atoms with Gasteiger partial charge in [-0.15, -0.1) is 11.8 Å². The van der Waals surface area contributed by atoms with E-state index in [0.29, 0.717) is 42.0 Å². The smallest absolute Gasteiger partial charge is 0.238 e. The molecule has 152 valence electrons. The van der Waals surface area contributed by atoms with E-state index in [0.717, 1.165) is 0 Å². The highest BCUT2D eigenvalue weighted by Crippen LogP contribution is 2.30. The van der Waals surface area contributed by atoms with Crippen LogP contribution in [0.3, 0.4) is 0 Å². The highest BCUT2D eigenvalue weighted by atomic mass is 32.2. The summed E-state index contributed by atoms with van der Waals surface area (Å²) in [4.78, 5) is 24.4. The first kappa shape index (κ1) is 21.6. The van der Waals surface area contributed by atoms with Crippen molar-refractivity contribution in [3.63, 3.8) is 0 Å². The van der Waals surface area contributed by atoms with E-state index in [4.69, 9.17) is 14.0 Å². The van der Waals surface area contributed by atoms with Crippen molar-refractivity contribution in [2.45, 2.75) is 32.9 Å². The van der Waals surface area contributed by atoms with E-state index >= 15 is 0 Å². The van der Waals surface area contributed by atoms with Gasteiger partial charge in [-0.2, -0.15) is 0 Å². The van der Waals surface area contributed by atoms with Crippen LogP contribution >= 0.6 is 11.8 Å². The third kappa shape index (κ3) is 6.49.